The number of amides is 2. The molecule has 1 aliphatic heterocycles. The molecule has 7 heteroatoms. The summed E-state index contributed by atoms with van der Waals surface area (Å²) in [4.78, 5) is 29.2. The van der Waals surface area contributed by atoms with Crippen LogP contribution in [-0.4, -0.2) is 64.1 Å². The molecule has 1 fully saturated rings. The number of likely N-dealkylation sites (tertiary alicyclic amines) is 1. The minimum atomic E-state index is -0.832. The number of aryl methyl sites for hydroxylation is 1. The van der Waals surface area contributed by atoms with Crippen molar-refractivity contribution in [3.05, 3.63) is 48.3 Å². The molecule has 0 aliphatic carbocycles. The van der Waals surface area contributed by atoms with Gasteiger partial charge < -0.3 is 15.1 Å². The van der Waals surface area contributed by atoms with Gasteiger partial charge in [-0.05, 0) is 25.0 Å². The number of rotatable bonds is 4. The predicted octanol–water partition coefficient (Wildman–Crippen LogP) is 1.60. The van der Waals surface area contributed by atoms with Gasteiger partial charge in [0.2, 0.25) is 5.91 Å². The molecule has 7 nitrogen and oxygen atoms in total. The van der Waals surface area contributed by atoms with E-state index in [-0.39, 0.29) is 11.8 Å². The molecule has 1 aromatic carbocycles. The SMILES string of the molecule is CN(C)C(=O)C1(Nc2ccccc2)CCCN(C(=O)c2cnn(C)c2)C1. The number of hydrogen-bond acceptors (Lipinski definition) is 4. The molecule has 0 bridgehead atoms. The molecule has 1 unspecified atom stereocenters. The highest BCUT2D eigenvalue weighted by Gasteiger charge is 2.44. The Morgan fingerprint density at radius 3 is 2.58 bits per heavy atom. The van der Waals surface area contributed by atoms with Gasteiger partial charge in [0, 0.05) is 39.6 Å². The second kappa shape index (κ2) is 7.19. The molecule has 0 saturated carbocycles. The summed E-state index contributed by atoms with van der Waals surface area (Å²) < 4.78 is 1.61. The second-order valence-corrected chi connectivity index (χ2v) is 7.01. The first-order valence-electron chi connectivity index (χ1n) is 8.74. The number of nitrogens with one attached hydrogen (secondary N) is 1. The van der Waals surface area contributed by atoms with Crippen LogP contribution in [0.4, 0.5) is 5.69 Å². The van der Waals surface area contributed by atoms with E-state index in [1.165, 1.54) is 0 Å². The van der Waals surface area contributed by atoms with E-state index >= 15 is 0 Å². The molecule has 3 rings (SSSR count). The minimum absolute atomic E-state index is 0.0231. The van der Waals surface area contributed by atoms with Crippen molar-refractivity contribution in [3.8, 4) is 0 Å². The van der Waals surface area contributed by atoms with Gasteiger partial charge in [0.25, 0.3) is 5.91 Å². The molecular weight excluding hydrogens is 330 g/mol. The average molecular weight is 355 g/mol. The van der Waals surface area contributed by atoms with Crippen molar-refractivity contribution in [1.82, 2.24) is 19.6 Å². The molecular formula is C19H25N5O2. The summed E-state index contributed by atoms with van der Waals surface area (Å²) >= 11 is 0. The normalized spacial score (nSPS) is 19.9. The van der Waals surface area contributed by atoms with E-state index in [9.17, 15) is 9.59 Å². The number of hydrogen-bond donors (Lipinski definition) is 1. The van der Waals surface area contributed by atoms with Crippen LogP contribution in [0.5, 0.6) is 0 Å². The monoisotopic (exact) mass is 355 g/mol. The molecule has 1 N–H and O–H groups in total. The van der Waals surface area contributed by atoms with E-state index in [1.807, 2.05) is 30.3 Å². The van der Waals surface area contributed by atoms with Crippen LogP contribution in [-0.2, 0) is 11.8 Å². The van der Waals surface area contributed by atoms with Crippen LogP contribution in [0.1, 0.15) is 23.2 Å². The summed E-state index contributed by atoms with van der Waals surface area (Å²) in [5.41, 5.74) is 0.583. The van der Waals surface area contributed by atoms with Crippen LogP contribution in [0.15, 0.2) is 42.7 Å². The van der Waals surface area contributed by atoms with E-state index in [2.05, 4.69) is 10.4 Å². The lowest BCUT2D eigenvalue weighted by Gasteiger charge is -2.43. The zero-order valence-corrected chi connectivity index (χ0v) is 15.5. The number of nitrogens with zero attached hydrogens (tertiary/aromatic N) is 4. The Morgan fingerprint density at radius 2 is 1.96 bits per heavy atom. The fourth-order valence-electron chi connectivity index (χ4n) is 3.50. The fourth-order valence-corrected chi connectivity index (χ4v) is 3.50. The van der Waals surface area contributed by atoms with Gasteiger partial charge in [-0.2, -0.15) is 5.10 Å². The van der Waals surface area contributed by atoms with Crippen LogP contribution in [0.3, 0.4) is 0 Å². The first-order chi connectivity index (χ1) is 12.4. The van der Waals surface area contributed by atoms with Gasteiger partial charge in [0.15, 0.2) is 0 Å². The lowest BCUT2D eigenvalue weighted by Crippen LogP contribution is -2.62. The minimum Gasteiger partial charge on any atom is -0.370 e. The third-order valence-electron chi connectivity index (χ3n) is 4.70. The Hall–Kier alpha value is -2.83. The van der Waals surface area contributed by atoms with Gasteiger partial charge in [0.05, 0.1) is 18.3 Å². The largest absolute Gasteiger partial charge is 0.370 e. The lowest BCUT2D eigenvalue weighted by atomic mass is 9.86. The summed E-state index contributed by atoms with van der Waals surface area (Å²) in [6.45, 7) is 0.958. The highest BCUT2D eigenvalue weighted by molar-refractivity contribution is 5.96. The smallest absolute Gasteiger partial charge is 0.257 e. The zero-order valence-electron chi connectivity index (χ0n) is 15.5. The molecule has 0 radical (unpaired) electrons. The average Bonchev–Trinajstić information content (AvgIpc) is 3.07. The van der Waals surface area contributed by atoms with E-state index < -0.39 is 5.54 Å². The van der Waals surface area contributed by atoms with Gasteiger partial charge in [-0.25, -0.2) is 0 Å². The maximum Gasteiger partial charge on any atom is 0.257 e. The van der Waals surface area contributed by atoms with Crippen LogP contribution in [0, 0.1) is 0 Å². The van der Waals surface area contributed by atoms with Crippen molar-refractivity contribution in [2.75, 3.05) is 32.5 Å². The van der Waals surface area contributed by atoms with Crippen LogP contribution < -0.4 is 5.32 Å². The molecule has 1 aliphatic rings. The van der Waals surface area contributed by atoms with Gasteiger partial charge in [0.1, 0.15) is 5.54 Å². The molecule has 2 aromatic rings. The zero-order chi connectivity index (χ0) is 18.7. The van der Waals surface area contributed by atoms with E-state index in [0.29, 0.717) is 25.1 Å². The van der Waals surface area contributed by atoms with Crippen molar-refractivity contribution >= 4 is 17.5 Å². The standard InChI is InChI=1S/C19H25N5O2/c1-22(2)18(26)19(21-16-8-5-4-6-9-16)10-7-11-24(14-19)17(25)15-12-20-23(3)13-15/h4-6,8-9,12-13,21H,7,10-11,14H2,1-3H3. The molecule has 1 atom stereocenters. The van der Waals surface area contributed by atoms with Crippen molar-refractivity contribution in [1.29, 1.82) is 0 Å². The summed E-state index contributed by atoms with van der Waals surface area (Å²) in [7, 11) is 5.28. The number of anilines is 1. The van der Waals surface area contributed by atoms with Gasteiger partial charge >= 0.3 is 0 Å². The van der Waals surface area contributed by atoms with E-state index in [0.717, 1.165) is 12.1 Å². The highest BCUT2D eigenvalue weighted by atomic mass is 16.2. The molecule has 26 heavy (non-hydrogen) atoms. The number of piperidine rings is 1. The molecule has 138 valence electrons. The van der Waals surface area contributed by atoms with Gasteiger partial charge in [-0.15, -0.1) is 0 Å². The summed E-state index contributed by atoms with van der Waals surface area (Å²) in [6.07, 6.45) is 4.70. The third-order valence-corrected chi connectivity index (χ3v) is 4.70. The maximum absolute atomic E-state index is 13.0. The topological polar surface area (TPSA) is 70.5 Å². The molecule has 1 saturated heterocycles. The van der Waals surface area contributed by atoms with Crippen LogP contribution in [0.2, 0.25) is 0 Å². The number of benzene rings is 1. The van der Waals surface area contributed by atoms with Crippen LogP contribution in [0.25, 0.3) is 0 Å². The maximum atomic E-state index is 13.0. The van der Waals surface area contributed by atoms with Crippen molar-refractivity contribution in [3.63, 3.8) is 0 Å². The Labute approximate surface area is 153 Å². The highest BCUT2D eigenvalue weighted by Crippen LogP contribution is 2.28. The summed E-state index contributed by atoms with van der Waals surface area (Å²) in [5.74, 6) is -0.117. The number of carbonyl (C=O) groups excluding carboxylic acids is 2. The number of carbonyl (C=O) groups is 2. The Bertz CT molecular complexity index is 786. The van der Waals surface area contributed by atoms with Gasteiger partial charge in [-0.3, -0.25) is 14.3 Å². The van der Waals surface area contributed by atoms with Gasteiger partial charge in [-0.1, -0.05) is 18.2 Å². The Morgan fingerprint density at radius 1 is 1.23 bits per heavy atom. The third kappa shape index (κ3) is 3.56. The summed E-state index contributed by atoms with van der Waals surface area (Å²) in [5, 5.41) is 7.49. The molecule has 2 amide bonds. The van der Waals surface area contributed by atoms with Crippen molar-refractivity contribution in [2.24, 2.45) is 7.05 Å². The molecule has 2 heterocycles. The molecule has 0 spiro atoms. The second-order valence-electron chi connectivity index (χ2n) is 7.01. The number of aromatic nitrogens is 2. The Balaban J connectivity index is 1.88. The predicted molar refractivity (Wildman–Crippen MR) is 99.8 cm³/mol. The van der Waals surface area contributed by atoms with Crippen molar-refractivity contribution in [2.45, 2.75) is 18.4 Å². The van der Waals surface area contributed by atoms with E-state index in [1.54, 1.807) is 48.0 Å². The quantitative estimate of drug-likeness (QED) is 0.904. The van der Waals surface area contributed by atoms with E-state index in [4.69, 9.17) is 0 Å². The van der Waals surface area contributed by atoms with Crippen molar-refractivity contribution < 1.29 is 9.59 Å². The lowest BCUT2D eigenvalue weighted by molar-refractivity contribution is -0.135. The number of para-hydroxylation sites is 1. The number of likely N-dealkylation sites (N-methyl/N-ethyl adjacent to an activating group) is 1. The first kappa shape index (κ1) is 18.0. The Kier molecular flexibility index (Phi) is 4.97. The van der Waals surface area contributed by atoms with Crippen LogP contribution >= 0.6 is 0 Å². The first-order valence-corrected chi connectivity index (χ1v) is 8.74. The summed E-state index contributed by atoms with van der Waals surface area (Å²) in [6, 6.07) is 9.67. The molecule has 1 aromatic heterocycles. The fraction of sp³-hybridized carbons (Fsp3) is 0.421.